The zero-order chi connectivity index (χ0) is 27.6. The fourth-order valence-corrected chi connectivity index (χ4v) is 5.13. The highest BCUT2D eigenvalue weighted by molar-refractivity contribution is 6.30. The van der Waals surface area contributed by atoms with E-state index >= 15 is 0 Å². The Morgan fingerprint density at radius 2 is 1.95 bits per heavy atom. The maximum atomic E-state index is 13.4. The molecule has 4 atom stereocenters. The molecule has 0 radical (unpaired) electrons. The van der Waals surface area contributed by atoms with Crippen LogP contribution in [0, 0.1) is 5.92 Å². The first-order valence-corrected chi connectivity index (χ1v) is 12.8. The van der Waals surface area contributed by atoms with Gasteiger partial charge in [0.25, 0.3) is 0 Å². The molecule has 0 aromatic heterocycles. The van der Waals surface area contributed by atoms with E-state index in [0.29, 0.717) is 33.9 Å². The van der Waals surface area contributed by atoms with E-state index in [0.717, 1.165) is 5.56 Å². The number of benzene rings is 2. The number of aldehydes is 1. The Bertz CT molecular complexity index is 1240. The zero-order valence-electron chi connectivity index (χ0n) is 21.4. The molecule has 2 aromatic rings. The second kappa shape index (κ2) is 11.6. The molecule has 9 nitrogen and oxygen atoms in total. The van der Waals surface area contributed by atoms with Gasteiger partial charge in [-0.25, -0.2) is 0 Å². The molecule has 2 amide bonds. The van der Waals surface area contributed by atoms with Crippen molar-refractivity contribution in [2.45, 2.75) is 44.6 Å². The first kappa shape index (κ1) is 27.6. The average molecular weight is 543 g/mol. The van der Waals surface area contributed by atoms with Gasteiger partial charge in [-0.05, 0) is 35.9 Å². The number of halogens is 1. The number of nitrogens with one attached hydrogen (secondary N) is 1. The van der Waals surface area contributed by atoms with Crippen LogP contribution in [0.15, 0.2) is 48.0 Å². The first-order valence-electron chi connectivity index (χ1n) is 12.4. The highest BCUT2D eigenvalue weighted by atomic mass is 35.5. The summed E-state index contributed by atoms with van der Waals surface area (Å²) in [6, 6.07) is 9.28. The predicted octanol–water partition coefficient (Wildman–Crippen LogP) is 2.47. The van der Waals surface area contributed by atoms with Gasteiger partial charge in [-0.3, -0.25) is 14.4 Å². The smallest absolute Gasteiger partial charge is 0.247 e. The number of nitrogens with zero attached hydrogens (tertiary/aromatic N) is 1. The molecule has 1 aliphatic heterocycles. The molecule has 202 valence electrons. The third-order valence-corrected chi connectivity index (χ3v) is 7.07. The number of fused-ring (bicyclic) bond motifs is 3. The number of hydrogen-bond acceptors (Lipinski definition) is 7. The number of carbonyl (C=O) groups is 3. The van der Waals surface area contributed by atoms with Crippen LogP contribution in [0.25, 0.3) is 0 Å². The Balaban J connectivity index is 1.83. The topological polar surface area (TPSA) is 125 Å². The second-order valence-electron chi connectivity index (χ2n) is 9.65. The fraction of sp³-hybridized carbons (Fsp3) is 0.393. The van der Waals surface area contributed by atoms with E-state index in [2.05, 4.69) is 5.32 Å². The van der Waals surface area contributed by atoms with E-state index < -0.39 is 30.1 Å². The van der Waals surface area contributed by atoms with Crippen LogP contribution in [0.4, 0.5) is 0 Å². The molecule has 0 fully saturated rings. The lowest BCUT2D eigenvalue weighted by Crippen LogP contribution is -2.56. The minimum absolute atomic E-state index is 0.0195. The van der Waals surface area contributed by atoms with Crippen LogP contribution in [0.2, 0.25) is 5.02 Å². The van der Waals surface area contributed by atoms with E-state index in [1.165, 1.54) is 18.1 Å². The molecular formula is C28H31ClN2O7. The number of ether oxygens (including phenoxy) is 2. The van der Waals surface area contributed by atoms with Gasteiger partial charge >= 0.3 is 0 Å². The number of aliphatic hydroxyl groups is 2. The van der Waals surface area contributed by atoms with Crippen LogP contribution in [0.5, 0.6) is 11.5 Å². The van der Waals surface area contributed by atoms with Crippen LogP contribution in [-0.4, -0.2) is 71.7 Å². The molecule has 1 aliphatic carbocycles. The molecular weight excluding hydrogens is 512 g/mol. The first-order chi connectivity index (χ1) is 18.2. The van der Waals surface area contributed by atoms with Crippen molar-refractivity contribution in [2.75, 3.05) is 20.3 Å². The van der Waals surface area contributed by atoms with Crippen molar-refractivity contribution < 1.29 is 34.1 Å². The Morgan fingerprint density at radius 1 is 1.24 bits per heavy atom. The van der Waals surface area contributed by atoms with E-state index in [1.54, 1.807) is 50.3 Å². The van der Waals surface area contributed by atoms with E-state index in [-0.39, 0.29) is 37.1 Å². The Morgan fingerprint density at radius 3 is 2.55 bits per heavy atom. The van der Waals surface area contributed by atoms with Crippen molar-refractivity contribution in [2.24, 2.45) is 5.92 Å². The van der Waals surface area contributed by atoms with E-state index in [4.69, 9.17) is 21.1 Å². The third kappa shape index (κ3) is 5.27. The van der Waals surface area contributed by atoms with Gasteiger partial charge in [-0.2, -0.15) is 0 Å². The minimum Gasteiger partial charge on any atom is -0.493 e. The molecule has 0 saturated heterocycles. The number of methoxy groups -OCH3 is 1. The van der Waals surface area contributed by atoms with Crippen molar-refractivity contribution >= 4 is 29.7 Å². The Hall–Kier alpha value is -3.40. The standard InChI is InChI=1S/C28H31ClN2O7/c1-15(2)28(36)31(13-16-4-6-18(29)7-5-16)21-12-20(27(35)30-8-9-32)23-19-10-17(14-33)11-22(37-3)25(19)38-26(23)24(21)34/h4-7,10-12,14-15,21,23-24,26,32,34H,8-9,13H2,1-3H3,(H,30,35). The maximum Gasteiger partial charge on any atom is 0.247 e. The van der Waals surface area contributed by atoms with E-state index in [1.807, 2.05) is 0 Å². The molecule has 3 N–H and O–H groups in total. The molecule has 4 rings (SSSR count). The van der Waals surface area contributed by atoms with Gasteiger partial charge in [-0.1, -0.05) is 37.6 Å². The Kier molecular flexibility index (Phi) is 8.40. The van der Waals surface area contributed by atoms with Crippen LogP contribution in [0.3, 0.4) is 0 Å². The van der Waals surface area contributed by atoms with Gasteiger partial charge < -0.3 is 29.9 Å². The molecule has 0 spiro atoms. The highest BCUT2D eigenvalue weighted by Crippen LogP contribution is 2.51. The van der Waals surface area contributed by atoms with Crippen LogP contribution in [0.1, 0.15) is 41.3 Å². The normalized spacial score (nSPS) is 21.6. The van der Waals surface area contributed by atoms with Gasteiger partial charge in [0.15, 0.2) is 11.5 Å². The third-order valence-electron chi connectivity index (χ3n) is 6.81. The summed E-state index contributed by atoms with van der Waals surface area (Å²) < 4.78 is 11.6. The Labute approximate surface area is 226 Å². The van der Waals surface area contributed by atoms with Gasteiger partial charge in [0, 0.05) is 40.7 Å². The number of amides is 2. The van der Waals surface area contributed by atoms with Crippen molar-refractivity contribution in [3.63, 3.8) is 0 Å². The van der Waals surface area contributed by atoms with Gasteiger partial charge in [-0.15, -0.1) is 0 Å². The van der Waals surface area contributed by atoms with Crippen molar-refractivity contribution in [1.82, 2.24) is 10.2 Å². The summed E-state index contributed by atoms with van der Waals surface area (Å²) in [4.78, 5) is 39.9. The molecule has 0 bridgehead atoms. The lowest BCUT2D eigenvalue weighted by atomic mass is 9.77. The summed E-state index contributed by atoms with van der Waals surface area (Å²) in [5.74, 6) is -1.17. The lowest BCUT2D eigenvalue weighted by Gasteiger charge is -2.41. The molecule has 38 heavy (non-hydrogen) atoms. The number of hydrogen-bond donors (Lipinski definition) is 3. The summed E-state index contributed by atoms with van der Waals surface area (Å²) in [5, 5.41) is 24.1. The quantitative estimate of drug-likeness (QED) is 0.416. The number of rotatable bonds is 9. The van der Waals surface area contributed by atoms with Crippen LogP contribution in [-0.2, 0) is 16.1 Å². The minimum atomic E-state index is -1.21. The van der Waals surface area contributed by atoms with Crippen molar-refractivity contribution in [3.8, 4) is 11.5 Å². The number of aliphatic hydroxyl groups excluding tert-OH is 2. The molecule has 0 saturated carbocycles. The molecule has 2 aliphatic rings. The summed E-state index contributed by atoms with van der Waals surface area (Å²) in [6.07, 6.45) is 0.120. The molecule has 4 unspecified atom stereocenters. The average Bonchev–Trinajstić information content (AvgIpc) is 3.31. The fourth-order valence-electron chi connectivity index (χ4n) is 5.01. The monoisotopic (exact) mass is 542 g/mol. The lowest BCUT2D eigenvalue weighted by molar-refractivity contribution is -0.141. The SMILES string of the molecule is COc1cc(C=O)cc2c1OC1C2C(C(=O)NCCO)=CC(N(Cc2ccc(Cl)cc2)C(=O)C(C)C)C1O. The maximum absolute atomic E-state index is 13.4. The predicted molar refractivity (Wildman–Crippen MR) is 140 cm³/mol. The highest BCUT2D eigenvalue weighted by Gasteiger charge is 2.51. The zero-order valence-corrected chi connectivity index (χ0v) is 22.1. The molecule has 10 heteroatoms. The van der Waals surface area contributed by atoms with E-state index in [9.17, 15) is 24.6 Å². The van der Waals surface area contributed by atoms with Gasteiger partial charge in [0.2, 0.25) is 11.8 Å². The van der Waals surface area contributed by atoms with Crippen molar-refractivity contribution in [1.29, 1.82) is 0 Å². The van der Waals surface area contributed by atoms with Crippen LogP contribution >= 0.6 is 11.6 Å². The number of carbonyl (C=O) groups excluding carboxylic acids is 3. The molecule has 1 heterocycles. The van der Waals surface area contributed by atoms with Gasteiger partial charge in [0.05, 0.1) is 25.7 Å². The summed E-state index contributed by atoms with van der Waals surface area (Å²) in [5.41, 5.74) is 1.92. The summed E-state index contributed by atoms with van der Waals surface area (Å²) >= 11 is 6.04. The molecule has 2 aromatic carbocycles. The summed E-state index contributed by atoms with van der Waals surface area (Å²) in [7, 11) is 1.44. The second-order valence-corrected chi connectivity index (χ2v) is 10.1. The van der Waals surface area contributed by atoms with Crippen LogP contribution < -0.4 is 14.8 Å². The van der Waals surface area contributed by atoms with Crippen molar-refractivity contribution in [3.05, 3.63) is 69.8 Å². The summed E-state index contributed by atoms with van der Waals surface area (Å²) in [6.45, 7) is 3.46. The van der Waals surface area contributed by atoms with Gasteiger partial charge in [0.1, 0.15) is 18.5 Å². The largest absolute Gasteiger partial charge is 0.493 e.